The fourth-order valence-corrected chi connectivity index (χ4v) is 1.75. The molecule has 2 aromatic rings. The predicted molar refractivity (Wildman–Crippen MR) is 61.2 cm³/mol. The monoisotopic (exact) mass is 220 g/mol. The van der Waals surface area contributed by atoms with E-state index in [-0.39, 0.29) is 5.54 Å². The van der Waals surface area contributed by atoms with E-state index in [1.807, 2.05) is 12.1 Å². The number of hydrogen-bond donors (Lipinski definition) is 1. The van der Waals surface area contributed by atoms with Gasteiger partial charge in [-0.15, -0.1) is 14.8 Å². The fraction of sp³-hybridized carbons (Fsp3) is 0.600. The van der Waals surface area contributed by atoms with Crippen LogP contribution < -0.4 is 5.32 Å². The van der Waals surface area contributed by atoms with Crippen LogP contribution in [-0.4, -0.2) is 30.8 Å². The molecule has 2 rings (SSSR count). The zero-order valence-corrected chi connectivity index (χ0v) is 9.80. The van der Waals surface area contributed by atoms with Crippen molar-refractivity contribution in [2.45, 2.75) is 39.2 Å². The molecular weight excluding hydrogens is 204 g/mol. The van der Waals surface area contributed by atoms with Gasteiger partial charge in [-0.2, -0.15) is 0 Å². The van der Waals surface area contributed by atoms with Gasteiger partial charge >= 0.3 is 0 Å². The molecule has 6 heteroatoms. The molecule has 0 bridgehead atoms. The van der Waals surface area contributed by atoms with Crippen LogP contribution in [0.5, 0.6) is 0 Å². The summed E-state index contributed by atoms with van der Waals surface area (Å²) in [6.45, 7) is 6.48. The lowest BCUT2D eigenvalue weighted by Gasteiger charge is -2.26. The van der Waals surface area contributed by atoms with Crippen LogP contribution in [0.25, 0.3) is 5.65 Å². The van der Waals surface area contributed by atoms with Gasteiger partial charge in [-0.3, -0.25) is 0 Å². The van der Waals surface area contributed by atoms with E-state index in [1.165, 1.54) is 4.63 Å². The second-order valence-electron chi connectivity index (χ2n) is 4.50. The SMILES string of the molecule is CCCC(C)(C)Nc1ccc2nnnn2n1. The maximum atomic E-state index is 4.27. The summed E-state index contributed by atoms with van der Waals surface area (Å²) in [6.07, 6.45) is 2.22. The molecule has 0 atom stereocenters. The minimum absolute atomic E-state index is 0.0312. The maximum absolute atomic E-state index is 4.27. The summed E-state index contributed by atoms with van der Waals surface area (Å²) in [4.78, 5) is 0. The number of tetrazole rings is 1. The molecule has 0 radical (unpaired) electrons. The highest BCUT2D eigenvalue weighted by molar-refractivity contribution is 5.43. The molecule has 2 aromatic heterocycles. The molecule has 0 saturated heterocycles. The van der Waals surface area contributed by atoms with Gasteiger partial charge in [0.1, 0.15) is 5.82 Å². The Bertz CT molecular complexity index is 475. The molecule has 0 saturated carbocycles. The quantitative estimate of drug-likeness (QED) is 0.845. The second kappa shape index (κ2) is 4.03. The largest absolute Gasteiger partial charge is 0.364 e. The van der Waals surface area contributed by atoms with Crippen molar-refractivity contribution in [1.29, 1.82) is 0 Å². The molecule has 0 amide bonds. The topological polar surface area (TPSA) is 68.0 Å². The highest BCUT2D eigenvalue weighted by atomic mass is 15.6. The van der Waals surface area contributed by atoms with Crippen molar-refractivity contribution in [3.05, 3.63) is 12.1 Å². The van der Waals surface area contributed by atoms with E-state index in [1.54, 1.807) is 0 Å². The van der Waals surface area contributed by atoms with Crippen LogP contribution in [0.4, 0.5) is 5.82 Å². The van der Waals surface area contributed by atoms with Crippen molar-refractivity contribution < 1.29 is 0 Å². The van der Waals surface area contributed by atoms with Crippen molar-refractivity contribution in [1.82, 2.24) is 25.3 Å². The van der Waals surface area contributed by atoms with Gasteiger partial charge in [0.2, 0.25) is 0 Å². The molecule has 0 aliphatic heterocycles. The van der Waals surface area contributed by atoms with E-state index in [4.69, 9.17) is 0 Å². The number of fused-ring (bicyclic) bond motifs is 1. The minimum atomic E-state index is 0.0312. The summed E-state index contributed by atoms with van der Waals surface area (Å²) in [6, 6.07) is 3.74. The van der Waals surface area contributed by atoms with E-state index in [0.717, 1.165) is 18.7 Å². The number of rotatable bonds is 4. The van der Waals surface area contributed by atoms with Crippen molar-refractivity contribution in [3.8, 4) is 0 Å². The predicted octanol–water partition coefficient (Wildman–Crippen LogP) is 1.51. The number of anilines is 1. The third-order valence-electron chi connectivity index (χ3n) is 2.41. The highest BCUT2D eigenvalue weighted by Gasteiger charge is 2.16. The molecule has 6 nitrogen and oxygen atoms in total. The Kier molecular flexibility index (Phi) is 2.72. The van der Waals surface area contributed by atoms with Crippen LogP contribution in [0.15, 0.2) is 12.1 Å². The molecule has 0 unspecified atom stereocenters. The van der Waals surface area contributed by atoms with Crippen LogP contribution in [0.3, 0.4) is 0 Å². The fourth-order valence-electron chi connectivity index (χ4n) is 1.75. The lowest BCUT2D eigenvalue weighted by atomic mass is 9.99. The van der Waals surface area contributed by atoms with Gasteiger partial charge in [-0.1, -0.05) is 13.3 Å². The number of hydrogen-bond acceptors (Lipinski definition) is 5. The summed E-state index contributed by atoms with van der Waals surface area (Å²) >= 11 is 0. The smallest absolute Gasteiger partial charge is 0.200 e. The van der Waals surface area contributed by atoms with Gasteiger partial charge in [0.15, 0.2) is 5.65 Å². The first-order valence-corrected chi connectivity index (χ1v) is 5.44. The summed E-state index contributed by atoms with van der Waals surface area (Å²) in [5.74, 6) is 0.790. The Morgan fingerprint density at radius 1 is 1.38 bits per heavy atom. The van der Waals surface area contributed by atoms with E-state index in [0.29, 0.717) is 5.65 Å². The van der Waals surface area contributed by atoms with Gasteiger partial charge < -0.3 is 5.32 Å². The molecule has 0 spiro atoms. The Morgan fingerprint density at radius 2 is 2.19 bits per heavy atom. The first-order valence-electron chi connectivity index (χ1n) is 5.44. The van der Waals surface area contributed by atoms with Crippen LogP contribution in [0, 0.1) is 0 Å². The molecule has 0 aliphatic carbocycles. The third-order valence-corrected chi connectivity index (χ3v) is 2.41. The molecular formula is C10H16N6. The molecule has 0 fully saturated rings. The molecule has 0 aromatic carbocycles. The molecule has 2 heterocycles. The second-order valence-corrected chi connectivity index (χ2v) is 4.50. The van der Waals surface area contributed by atoms with Crippen molar-refractivity contribution >= 4 is 11.5 Å². The van der Waals surface area contributed by atoms with E-state index >= 15 is 0 Å². The normalized spacial score (nSPS) is 11.9. The Hall–Kier alpha value is -1.72. The van der Waals surface area contributed by atoms with Crippen molar-refractivity contribution in [2.24, 2.45) is 0 Å². The van der Waals surface area contributed by atoms with Gasteiger partial charge in [-0.05, 0) is 42.8 Å². The van der Waals surface area contributed by atoms with Gasteiger partial charge in [0.05, 0.1) is 0 Å². The first-order chi connectivity index (χ1) is 7.61. The minimum Gasteiger partial charge on any atom is -0.364 e. The molecule has 0 aliphatic rings. The van der Waals surface area contributed by atoms with Gasteiger partial charge in [0.25, 0.3) is 0 Å². The van der Waals surface area contributed by atoms with Crippen molar-refractivity contribution in [2.75, 3.05) is 5.32 Å². The molecule has 1 N–H and O–H groups in total. The molecule has 86 valence electrons. The van der Waals surface area contributed by atoms with E-state index < -0.39 is 0 Å². The summed E-state index contributed by atoms with van der Waals surface area (Å²) in [7, 11) is 0. The zero-order valence-electron chi connectivity index (χ0n) is 9.80. The van der Waals surface area contributed by atoms with Crippen LogP contribution in [0.2, 0.25) is 0 Å². The van der Waals surface area contributed by atoms with Gasteiger partial charge in [-0.25, -0.2) is 0 Å². The average molecular weight is 220 g/mol. The average Bonchev–Trinajstić information content (AvgIpc) is 2.63. The summed E-state index contributed by atoms with van der Waals surface area (Å²) < 4.78 is 1.42. The summed E-state index contributed by atoms with van der Waals surface area (Å²) in [5.41, 5.74) is 0.683. The molecule has 16 heavy (non-hydrogen) atoms. The van der Waals surface area contributed by atoms with E-state index in [2.05, 4.69) is 46.7 Å². The van der Waals surface area contributed by atoms with Crippen LogP contribution in [0.1, 0.15) is 33.6 Å². The lowest BCUT2D eigenvalue weighted by Crippen LogP contribution is -2.31. The number of aromatic nitrogens is 5. The lowest BCUT2D eigenvalue weighted by molar-refractivity contribution is 0.507. The van der Waals surface area contributed by atoms with E-state index in [9.17, 15) is 0 Å². The van der Waals surface area contributed by atoms with Gasteiger partial charge in [0, 0.05) is 5.54 Å². The maximum Gasteiger partial charge on any atom is 0.200 e. The standard InChI is InChI=1S/C10H16N6/c1-4-7-10(2,3)11-8-5-6-9-12-14-15-16(9)13-8/h5-6H,4,7H2,1-3H3,(H,11,13). The Labute approximate surface area is 94.0 Å². The van der Waals surface area contributed by atoms with Crippen molar-refractivity contribution in [3.63, 3.8) is 0 Å². The number of nitrogens with zero attached hydrogens (tertiary/aromatic N) is 5. The van der Waals surface area contributed by atoms with Crippen LogP contribution >= 0.6 is 0 Å². The number of nitrogens with one attached hydrogen (secondary N) is 1. The Morgan fingerprint density at radius 3 is 2.94 bits per heavy atom. The Balaban J connectivity index is 2.20. The first kappa shape index (κ1) is 10.8. The van der Waals surface area contributed by atoms with Crippen LogP contribution in [-0.2, 0) is 0 Å². The third kappa shape index (κ3) is 2.26. The highest BCUT2D eigenvalue weighted by Crippen LogP contribution is 2.17. The summed E-state index contributed by atoms with van der Waals surface area (Å²) in [5, 5.41) is 18.8. The zero-order chi connectivity index (χ0) is 11.6.